The van der Waals surface area contributed by atoms with E-state index in [0.717, 1.165) is 35.9 Å². The largest absolute Gasteiger partial charge is 0.284 e. The molecule has 0 N–H and O–H groups in total. The van der Waals surface area contributed by atoms with Crippen LogP contribution in [0.15, 0.2) is 60.7 Å². The van der Waals surface area contributed by atoms with Gasteiger partial charge in [0.15, 0.2) is 0 Å². The molecule has 1 aromatic heterocycles. The molecule has 106 valence electrons. The summed E-state index contributed by atoms with van der Waals surface area (Å²) in [7, 11) is 0. The quantitative estimate of drug-likeness (QED) is 0.689. The summed E-state index contributed by atoms with van der Waals surface area (Å²) in [4.78, 5) is 11.9. The van der Waals surface area contributed by atoms with E-state index < -0.39 is 0 Å². The highest BCUT2D eigenvalue weighted by Crippen LogP contribution is 2.21. The van der Waals surface area contributed by atoms with E-state index in [1.807, 2.05) is 28.8 Å². The molecule has 0 spiro atoms. The Balaban J connectivity index is 1.80. The molecule has 0 aliphatic heterocycles. The highest BCUT2D eigenvalue weighted by atomic mass is 16.1. The monoisotopic (exact) mass is 277 g/mol. The predicted molar refractivity (Wildman–Crippen MR) is 86.7 cm³/mol. The SMILES string of the molecule is CC(=O)n1c(CCCc2ccccc2)cc2ccccc21. The number of para-hydroxylation sites is 1. The smallest absolute Gasteiger partial charge is 0.228 e. The number of rotatable bonds is 4. The second-order valence-corrected chi connectivity index (χ2v) is 5.39. The van der Waals surface area contributed by atoms with Gasteiger partial charge < -0.3 is 0 Å². The van der Waals surface area contributed by atoms with E-state index in [1.54, 1.807) is 6.92 Å². The Labute approximate surface area is 125 Å². The number of hydrogen-bond donors (Lipinski definition) is 0. The first-order chi connectivity index (χ1) is 10.3. The van der Waals surface area contributed by atoms with Gasteiger partial charge in [-0.2, -0.15) is 0 Å². The van der Waals surface area contributed by atoms with Crippen molar-refractivity contribution in [2.75, 3.05) is 0 Å². The summed E-state index contributed by atoms with van der Waals surface area (Å²) in [6.45, 7) is 1.63. The van der Waals surface area contributed by atoms with Crippen molar-refractivity contribution in [2.24, 2.45) is 0 Å². The summed E-state index contributed by atoms with van der Waals surface area (Å²) in [5, 5.41) is 1.14. The average molecular weight is 277 g/mol. The lowest BCUT2D eigenvalue weighted by Crippen LogP contribution is -2.09. The molecule has 2 aromatic carbocycles. The zero-order chi connectivity index (χ0) is 14.7. The van der Waals surface area contributed by atoms with Crippen LogP contribution in [0.5, 0.6) is 0 Å². The second kappa shape index (κ2) is 5.96. The van der Waals surface area contributed by atoms with Crippen molar-refractivity contribution in [3.63, 3.8) is 0 Å². The van der Waals surface area contributed by atoms with Gasteiger partial charge in [0.2, 0.25) is 5.91 Å². The predicted octanol–water partition coefficient (Wildman–Crippen LogP) is 4.48. The first-order valence-electron chi connectivity index (χ1n) is 7.40. The van der Waals surface area contributed by atoms with Gasteiger partial charge in [0.1, 0.15) is 0 Å². The van der Waals surface area contributed by atoms with E-state index in [1.165, 1.54) is 5.56 Å². The van der Waals surface area contributed by atoms with Crippen molar-refractivity contribution in [3.05, 3.63) is 71.9 Å². The molecule has 2 heteroatoms. The zero-order valence-corrected chi connectivity index (χ0v) is 12.3. The van der Waals surface area contributed by atoms with Gasteiger partial charge in [0, 0.05) is 18.0 Å². The zero-order valence-electron chi connectivity index (χ0n) is 12.3. The molecule has 0 amide bonds. The van der Waals surface area contributed by atoms with Crippen LogP contribution in [0.4, 0.5) is 0 Å². The van der Waals surface area contributed by atoms with Crippen molar-refractivity contribution in [1.29, 1.82) is 0 Å². The molecule has 0 atom stereocenters. The van der Waals surface area contributed by atoms with Crippen LogP contribution in [0.1, 0.15) is 29.4 Å². The molecule has 0 aliphatic rings. The van der Waals surface area contributed by atoms with E-state index in [9.17, 15) is 4.79 Å². The van der Waals surface area contributed by atoms with Gasteiger partial charge in [-0.25, -0.2) is 0 Å². The lowest BCUT2D eigenvalue weighted by atomic mass is 10.1. The summed E-state index contributed by atoms with van der Waals surface area (Å²) in [6, 6.07) is 20.7. The molecule has 0 aliphatic carbocycles. The van der Waals surface area contributed by atoms with Gasteiger partial charge in [-0.1, -0.05) is 48.5 Å². The van der Waals surface area contributed by atoms with Crippen molar-refractivity contribution >= 4 is 16.8 Å². The van der Waals surface area contributed by atoms with Gasteiger partial charge >= 0.3 is 0 Å². The molecule has 0 bridgehead atoms. The molecule has 2 nitrogen and oxygen atoms in total. The van der Waals surface area contributed by atoms with Crippen LogP contribution in [-0.2, 0) is 12.8 Å². The average Bonchev–Trinajstić information content (AvgIpc) is 2.86. The molecule has 0 unspecified atom stereocenters. The molecule has 0 fully saturated rings. The van der Waals surface area contributed by atoms with Crippen LogP contribution in [0.3, 0.4) is 0 Å². The Bertz CT molecular complexity index is 756. The molecule has 0 saturated heterocycles. The van der Waals surface area contributed by atoms with Crippen molar-refractivity contribution in [1.82, 2.24) is 4.57 Å². The maximum Gasteiger partial charge on any atom is 0.228 e. The first kappa shape index (κ1) is 13.6. The number of carbonyl (C=O) groups excluding carboxylic acids is 1. The lowest BCUT2D eigenvalue weighted by molar-refractivity contribution is 0.0938. The van der Waals surface area contributed by atoms with Crippen LogP contribution in [0.2, 0.25) is 0 Å². The Hall–Kier alpha value is -2.35. The molecule has 1 heterocycles. The number of fused-ring (bicyclic) bond motifs is 1. The topological polar surface area (TPSA) is 22.0 Å². The van der Waals surface area contributed by atoms with Crippen LogP contribution in [0.25, 0.3) is 10.9 Å². The molecule has 3 rings (SSSR count). The fourth-order valence-electron chi connectivity index (χ4n) is 2.89. The Kier molecular flexibility index (Phi) is 3.87. The highest BCUT2D eigenvalue weighted by Gasteiger charge is 2.11. The minimum atomic E-state index is 0.0888. The first-order valence-corrected chi connectivity index (χ1v) is 7.40. The number of aromatic nitrogens is 1. The summed E-state index contributed by atoms with van der Waals surface area (Å²) < 4.78 is 1.85. The summed E-state index contributed by atoms with van der Waals surface area (Å²) in [6.07, 6.45) is 3.01. The number of hydrogen-bond acceptors (Lipinski definition) is 1. The van der Waals surface area contributed by atoms with E-state index in [4.69, 9.17) is 0 Å². The van der Waals surface area contributed by atoms with Gasteiger partial charge in [0.05, 0.1) is 5.52 Å². The van der Waals surface area contributed by atoms with Crippen LogP contribution in [-0.4, -0.2) is 10.5 Å². The van der Waals surface area contributed by atoms with Crippen molar-refractivity contribution in [2.45, 2.75) is 26.2 Å². The van der Waals surface area contributed by atoms with E-state index in [-0.39, 0.29) is 5.91 Å². The van der Waals surface area contributed by atoms with Gasteiger partial charge in [-0.15, -0.1) is 0 Å². The maximum absolute atomic E-state index is 11.9. The molecule has 0 radical (unpaired) electrons. The minimum absolute atomic E-state index is 0.0888. The number of carbonyl (C=O) groups is 1. The third kappa shape index (κ3) is 2.89. The molecule has 21 heavy (non-hydrogen) atoms. The second-order valence-electron chi connectivity index (χ2n) is 5.39. The normalized spacial score (nSPS) is 10.9. The molecule has 0 saturated carbocycles. The standard InChI is InChI=1S/C19H19NO/c1-15(21)20-18(14-17-11-5-6-13-19(17)20)12-7-10-16-8-3-2-4-9-16/h2-6,8-9,11,13-14H,7,10,12H2,1H3. The third-order valence-corrected chi connectivity index (χ3v) is 3.84. The molecular weight excluding hydrogens is 258 g/mol. The van der Waals surface area contributed by atoms with Crippen molar-refractivity contribution in [3.8, 4) is 0 Å². The maximum atomic E-state index is 11.9. The Morgan fingerprint density at radius 2 is 1.67 bits per heavy atom. The van der Waals surface area contributed by atoms with Gasteiger partial charge in [0.25, 0.3) is 0 Å². The minimum Gasteiger partial charge on any atom is -0.284 e. The van der Waals surface area contributed by atoms with E-state index in [0.29, 0.717) is 0 Å². The summed E-state index contributed by atoms with van der Waals surface area (Å²) in [5.41, 5.74) is 3.47. The van der Waals surface area contributed by atoms with Crippen LogP contribution in [0, 0.1) is 0 Å². The molecule has 3 aromatic rings. The highest BCUT2D eigenvalue weighted by molar-refractivity contribution is 5.92. The van der Waals surface area contributed by atoms with Crippen LogP contribution >= 0.6 is 0 Å². The van der Waals surface area contributed by atoms with Crippen LogP contribution < -0.4 is 0 Å². The Morgan fingerprint density at radius 3 is 2.43 bits per heavy atom. The van der Waals surface area contributed by atoms with E-state index in [2.05, 4.69) is 36.4 Å². The fourth-order valence-corrected chi connectivity index (χ4v) is 2.89. The molecular formula is C19H19NO. The Morgan fingerprint density at radius 1 is 0.952 bits per heavy atom. The lowest BCUT2D eigenvalue weighted by Gasteiger charge is -2.06. The fraction of sp³-hybridized carbons (Fsp3) is 0.211. The number of nitrogens with zero attached hydrogens (tertiary/aromatic N) is 1. The van der Waals surface area contributed by atoms with E-state index >= 15 is 0 Å². The third-order valence-electron chi connectivity index (χ3n) is 3.84. The number of aryl methyl sites for hydroxylation is 2. The van der Waals surface area contributed by atoms with Crippen molar-refractivity contribution < 1.29 is 4.79 Å². The van der Waals surface area contributed by atoms with Gasteiger partial charge in [-0.05, 0) is 37.0 Å². The summed E-state index contributed by atoms with van der Waals surface area (Å²) in [5.74, 6) is 0.0888. The summed E-state index contributed by atoms with van der Waals surface area (Å²) >= 11 is 0. The van der Waals surface area contributed by atoms with Gasteiger partial charge in [-0.3, -0.25) is 9.36 Å². The number of benzene rings is 2.